The molecule has 1 aliphatic rings. The van der Waals surface area contributed by atoms with Crippen molar-refractivity contribution in [2.45, 2.75) is 50.0 Å². The SMILES string of the molecule is COc1cc(/C=C(/CC[C@@H](O)C2=C(CO[Si](c3ccccc3)(c3ccccc3)C(C)(C)C)CS(=O)(=O)[C@H]2CO)c2ccccn2)cc(I)c1O. The monoisotopic (exact) mass is 825 g/mol. The second kappa shape index (κ2) is 15.9. The molecule has 11 heteroatoms. The van der Waals surface area contributed by atoms with E-state index in [1.54, 1.807) is 12.3 Å². The average Bonchev–Trinajstić information content (AvgIpc) is 3.37. The zero-order valence-corrected chi connectivity index (χ0v) is 32.7. The number of allylic oxidation sites excluding steroid dienone is 1. The summed E-state index contributed by atoms with van der Waals surface area (Å²) in [7, 11) is -5.31. The second-order valence-corrected chi connectivity index (χ2v) is 21.1. The summed E-state index contributed by atoms with van der Waals surface area (Å²) in [5.41, 5.74) is 3.08. The van der Waals surface area contributed by atoms with Crippen molar-refractivity contribution >= 4 is 62.8 Å². The zero-order chi connectivity index (χ0) is 36.1. The van der Waals surface area contributed by atoms with E-state index in [9.17, 15) is 23.7 Å². The summed E-state index contributed by atoms with van der Waals surface area (Å²) in [6.07, 6.45) is 2.98. The van der Waals surface area contributed by atoms with Crippen LogP contribution in [0.15, 0.2) is 108 Å². The van der Waals surface area contributed by atoms with Crippen molar-refractivity contribution in [1.82, 2.24) is 4.98 Å². The number of aliphatic hydroxyl groups excluding tert-OH is 2. The molecule has 8 nitrogen and oxygen atoms in total. The molecule has 5 rings (SSSR count). The van der Waals surface area contributed by atoms with Crippen molar-refractivity contribution in [3.8, 4) is 11.5 Å². The molecule has 0 saturated heterocycles. The van der Waals surface area contributed by atoms with Gasteiger partial charge in [0.15, 0.2) is 21.3 Å². The van der Waals surface area contributed by atoms with E-state index in [1.165, 1.54) is 7.11 Å². The van der Waals surface area contributed by atoms with Gasteiger partial charge in [-0.25, -0.2) is 8.42 Å². The van der Waals surface area contributed by atoms with E-state index in [-0.39, 0.29) is 29.6 Å². The highest BCUT2D eigenvalue weighted by molar-refractivity contribution is 14.1. The highest BCUT2D eigenvalue weighted by atomic mass is 127. The fraction of sp³-hybridized carbons (Fsp3) is 0.308. The molecule has 1 aromatic heterocycles. The van der Waals surface area contributed by atoms with Gasteiger partial charge in [-0.1, -0.05) is 87.5 Å². The lowest BCUT2D eigenvalue weighted by Crippen LogP contribution is -2.66. The topological polar surface area (TPSA) is 126 Å². The van der Waals surface area contributed by atoms with Crippen molar-refractivity contribution in [3.63, 3.8) is 0 Å². The summed E-state index contributed by atoms with van der Waals surface area (Å²) in [5, 5.41) is 33.2. The zero-order valence-electron chi connectivity index (χ0n) is 28.7. The molecule has 3 aromatic carbocycles. The molecule has 264 valence electrons. The Morgan fingerprint density at radius 3 is 2.18 bits per heavy atom. The van der Waals surface area contributed by atoms with Gasteiger partial charge in [-0.05, 0) is 103 Å². The fourth-order valence-corrected chi connectivity index (χ4v) is 13.9. The molecular weight excluding hydrogens is 781 g/mol. The number of phenolic OH excluding ortho intramolecular Hbond substituents is 1. The van der Waals surface area contributed by atoms with Crippen LogP contribution in [0.25, 0.3) is 11.6 Å². The molecule has 0 radical (unpaired) electrons. The van der Waals surface area contributed by atoms with Crippen LogP contribution in [0.1, 0.15) is 44.9 Å². The van der Waals surface area contributed by atoms with Crippen molar-refractivity contribution < 1.29 is 32.9 Å². The van der Waals surface area contributed by atoms with E-state index in [0.717, 1.165) is 21.5 Å². The number of halogens is 1. The minimum absolute atomic E-state index is 0.00405. The van der Waals surface area contributed by atoms with E-state index in [4.69, 9.17) is 9.16 Å². The number of aromatic nitrogens is 1. The van der Waals surface area contributed by atoms with Gasteiger partial charge in [0.25, 0.3) is 8.32 Å². The summed E-state index contributed by atoms with van der Waals surface area (Å²) >= 11 is 2.04. The van der Waals surface area contributed by atoms with Crippen molar-refractivity contribution in [3.05, 3.63) is 123 Å². The van der Waals surface area contributed by atoms with E-state index in [1.807, 2.05) is 89.3 Å². The van der Waals surface area contributed by atoms with Crippen LogP contribution in [0, 0.1) is 3.57 Å². The van der Waals surface area contributed by atoms with Crippen molar-refractivity contribution in [1.29, 1.82) is 0 Å². The Labute approximate surface area is 309 Å². The molecule has 1 aliphatic heterocycles. The third-order valence-electron chi connectivity index (χ3n) is 9.26. The second-order valence-electron chi connectivity index (χ2n) is 13.5. The fourth-order valence-electron chi connectivity index (χ4n) is 6.90. The summed E-state index contributed by atoms with van der Waals surface area (Å²) in [5.74, 6) is 0.0933. The predicted octanol–water partition coefficient (Wildman–Crippen LogP) is 5.74. The van der Waals surface area contributed by atoms with E-state index < -0.39 is 36.1 Å². The smallest absolute Gasteiger partial charge is 0.261 e. The van der Waals surface area contributed by atoms with Crippen molar-refractivity contribution in [2.75, 3.05) is 26.1 Å². The van der Waals surface area contributed by atoms with E-state index in [0.29, 0.717) is 32.6 Å². The maximum absolute atomic E-state index is 13.5. The number of aliphatic hydroxyl groups is 2. The number of rotatable bonds is 13. The Hall–Kier alpha value is -3.33. The Kier molecular flexibility index (Phi) is 12.1. The molecule has 50 heavy (non-hydrogen) atoms. The lowest BCUT2D eigenvalue weighted by Gasteiger charge is -2.43. The van der Waals surface area contributed by atoms with Crippen LogP contribution in [-0.2, 0) is 14.3 Å². The lowest BCUT2D eigenvalue weighted by atomic mass is 9.94. The molecule has 0 unspecified atom stereocenters. The molecule has 0 bridgehead atoms. The minimum atomic E-state index is -3.78. The molecule has 0 spiro atoms. The molecule has 3 N–H and O–H groups in total. The highest BCUT2D eigenvalue weighted by Crippen LogP contribution is 2.39. The quantitative estimate of drug-likeness (QED) is 0.0886. The summed E-state index contributed by atoms with van der Waals surface area (Å²) in [6, 6.07) is 29.3. The molecule has 0 fully saturated rings. The third-order valence-corrected chi connectivity index (χ3v) is 17.1. The van der Waals surface area contributed by atoms with Gasteiger partial charge in [0.1, 0.15) is 5.25 Å². The molecule has 0 aliphatic carbocycles. The normalized spacial score (nSPS) is 17.2. The Balaban J connectivity index is 1.52. The first-order valence-corrected chi connectivity index (χ1v) is 21.2. The molecule has 0 amide bonds. The number of hydrogen-bond donors (Lipinski definition) is 3. The molecule has 4 aromatic rings. The number of nitrogens with zero attached hydrogens (tertiary/aromatic N) is 1. The number of methoxy groups -OCH3 is 1. The number of phenols is 1. The Morgan fingerprint density at radius 1 is 1.02 bits per heavy atom. The van der Waals surface area contributed by atoms with Gasteiger partial charge in [0, 0.05) is 6.20 Å². The first-order chi connectivity index (χ1) is 23.8. The molecule has 2 heterocycles. The van der Waals surface area contributed by atoms with Gasteiger partial charge in [-0.3, -0.25) is 4.98 Å². The van der Waals surface area contributed by atoms with Crippen LogP contribution < -0.4 is 15.1 Å². The third kappa shape index (κ3) is 7.93. The van der Waals surface area contributed by atoms with Crippen LogP contribution in [0.5, 0.6) is 11.5 Å². The number of benzene rings is 3. The number of sulfone groups is 1. The van der Waals surface area contributed by atoms with Crippen LogP contribution in [0.2, 0.25) is 5.04 Å². The highest BCUT2D eigenvalue weighted by Gasteiger charge is 2.51. The lowest BCUT2D eigenvalue weighted by molar-refractivity contribution is 0.188. The van der Waals surface area contributed by atoms with Gasteiger partial charge in [0.05, 0.1) is 41.4 Å². The average molecular weight is 826 g/mol. The van der Waals surface area contributed by atoms with E-state index in [2.05, 4.69) is 50.0 Å². The Morgan fingerprint density at radius 2 is 1.64 bits per heavy atom. The largest absolute Gasteiger partial charge is 0.504 e. The number of aromatic hydroxyl groups is 1. The van der Waals surface area contributed by atoms with Gasteiger partial charge < -0.3 is 24.5 Å². The van der Waals surface area contributed by atoms with Crippen LogP contribution in [-0.4, -0.2) is 74.5 Å². The minimum Gasteiger partial charge on any atom is -0.504 e. The van der Waals surface area contributed by atoms with Crippen molar-refractivity contribution in [2.24, 2.45) is 0 Å². The van der Waals surface area contributed by atoms with Gasteiger partial charge >= 0.3 is 0 Å². The number of pyridine rings is 1. The molecular formula is C39H44INO7SSi. The van der Waals surface area contributed by atoms with Crippen LogP contribution >= 0.6 is 22.6 Å². The molecule has 2 atom stereocenters. The standard InChI is InChI=1S/C39H44INO7SSi/c1-39(2,3)50(30-13-7-5-8-14-30,31-15-9-6-10-16-31)48-25-29-26-49(45,46)36(24-42)37(29)34(43)19-18-28(33-17-11-12-20-41-33)21-27-22-32(40)38(44)35(23-27)47-4/h5-17,20-23,34,36,42-44H,18-19,24-26H2,1-4H3/b28-21-/t34-,36+/m1/s1. The number of hydrogen-bond acceptors (Lipinski definition) is 8. The van der Waals surface area contributed by atoms with Crippen LogP contribution in [0.3, 0.4) is 0 Å². The van der Waals surface area contributed by atoms with Gasteiger partial charge in [-0.15, -0.1) is 0 Å². The maximum atomic E-state index is 13.5. The summed E-state index contributed by atoms with van der Waals surface area (Å²) in [6.45, 7) is 5.83. The summed E-state index contributed by atoms with van der Waals surface area (Å²) in [4.78, 5) is 4.54. The number of ether oxygens (including phenoxy) is 1. The molecule has 0 saturated carbocycles. The van der Waals surface area contributed by atoms with E-state index >= 15 is 0 Å². The van der Waals surface area contributed by atoms with Gasteiger partial charge in [-0.2, -0.15) is 0 Å². The first-order valence-electron chi connectivity index (χ1n) is 16.5. The summed E-state index contributed by atoms with van der Waals surface area (Å²) < 4.78 is 40.1. The van der Waals surface area contributed by atoms with Crippen LogP contribution in [0.4, 0.5) is 0 Å². The van der Waals surface area contributed by atoms with Gasteiger partial charge in [0.2, 0.25) is 0 Å². The first kappa shape index (κ1) is 37.9. The Bertz CT molecular complexity index is 1910. The predicted molar refractivity (Wildman–Crippen MR) is 210 cm³/mol. The maximum Gasteiger partial charge on any atom is 0.261 e.